The van der Waals surface area contributed by atoms with Crippen molar-refractivity contribution in [2.45, 2.75) is 32.7 Å². The van der Waals surface area contributed by atoms with Crippen LogP contribution in [0.2, 0.25) is 0 Å². The number of aromatic amines is 1. The molecule has 0 saturated carbocycles. The lowest BCUT2D eigenvalue weighted by Crippen LogP contribution is -2.40. The highest BCUT2D eigenvalue weighted by Gasteiger charge is 2.18. The molecule has 1 heterocycles. The zero-order valence-corrected chi connectivity index (χ0v) is 11.1. The minimum atomic E-state index is -0.884. The van der Waals surface area contributed by atoms with E-state index < -0.39 is 11.9 Å². The summed E-state index contributed by atoms with van der Waals surface area (Å²) in [6.45, 7) is 3.87. The Morgan fingerprint density at radius 1 is 1.53 bits per heavy atom. The molecule has 2 unspecified atom stereocenters. The molecule has 2 atom stereocenters. The summed E-state index contributed by atoms with van der Waals surface area (Å²) >= 11 is 0. The Kier molecular flexibility index (Phi) is 5.84. The summed E-state index contributed by atoms with van der Waals surface area (Å²) < 4.78 is 0. The molecule has 0 aliphatic carbocycles. The fourth-order valence-electron chi connectivity index (χ4n) is 1.71. The third kappa shape index (κ3) is 4.99. The quantitative estimate of drug-likeness (QED) is 0.597. The van der Waals surface area contributed by atoms with Crippen LogP contribution in [0.25, 0.3) is 0 Å². The van der Waals surface area contributed by atoms with Gasteiger partial charge in [0.15, 0.2) is 0 Å². The molecule has 1 aromatic rings. The number of H-pyrrole nitrogens is 1. The standard InChI is InChI=1S/C12H20N4O3/c1-3-4-9(11(17)18)5-13-12(19)16-8(2)10-6-14-15-7-10/h6-9H,3-5H2,1-2H3,(H,14,15)(H,17,18)(H2,13,16,19). The van der Waals surface area contributed by atoms with Gasteiger partial charge in [-0.3, -0.25) is 9.89 Å². The van der Waals surface area contributed by atoms with Crippen LogP contribution in [0, 0.1) is 5.92 Å². The summed E-state index contributed by atoms with van der Waals surface area (Å²) in [4.78, 5) is 22.6. The smallest absolute Gasteiger partial charge is 0.315 e. The normalized spacial score (nSPS) is 13.6. The third-order valence-corrected chi connectivity index (χ3v) is 2.86. The number of carboxylic acid groups (broad SMARTS) is 1. The zero-order chi connectivity index (χ0) is 14.3. The Morgan fingerprint density at radius 3 is 2.79 bits per heavy atom. The molecule has 1 aromatic heterocycles. The Morgan fingerprint density at radius 2 is 2.26 bits per heavy atom. The minimum Gasteiger partial charge on any atom is -0.481 e. The van der Waals surface area contributed by atoms with Crippen LogP contribution in [-0.4, -0.2) is 33.8 Å². The summed E-state index contributed by atoms with van der Waals surface area (Å²) in [6.07, 6.45) is 4.64. The van der Waals surface area contributed by atoms with Gasteiger partial charge in [-0.1, -0.05) is 13.3 Å². The molecule has 0 fully saturated rings. The van der Waals surface area contributed by atoms with E-state index in [2.05, 4.69) is 20.8 Å². The second-order valence-corrected chi connectivity index (χ2v) is 4.43. The number of nitrogens with zero attached hydrogens (tertiary/aromatic N) is 1. The van der Waals surface area contributed by atoms with E-state index in [-0.39, 0.29) is 18.6 Å². The minimum absolute atomic E-state index is 0.132. The average molecular weight is 268 g/mol. The number of hydrogen-bond acceptors (Lipinski definition) is 3. The lowest BCUT2D eigenvalue weighted by Gasteiger charge is -2.15. The molecule has 7 heteroatoms. The van der Waals surface area contributed by atoms with E-state index in [4.69, 9.17) is 5.11 Å². The number of aromatic nitrogens is 2. The van der Waals surface area contributed by atoms with Gasteiger partial charge in [-0.25, -0.2) is 4.79 Å². The van der Waals surface area contributed by atoms with Crippen LogP contribution in [0.4, 0.5) is 4.79 Å². The Bertz CT molecular complexity index is 405. The van der Waals surface area contributed by atoms with E-state index in [1.807, 2.05) is 13.8 Å². The molecule has 0 bridgehead atoms. The van der Waals surface area contributed by atoms with Crippen molar-refractivity contribution in [3.05, 3.63) is 18.0 Å². The largest absolute Gasteiger partial charge is 0.481 e. The molecule has 0 aliphatic rings. The van der Waals surface area contributed by atoms with Gasteiger partial charge in [-0.05, 0) is 13.3 Å². The number of carboxylic acids is 1. The first-order chi connectivity index (χ1) is 9.04. The first kappa shape index (κ1) is 15.0. The molecule has 19 heavy (non-hydrogen) atoms. The number of rotatable bonds is 7. The van der Waals surface area contributed by atoms with Crippen molar-refractivity contribution in [3.63, 3.8) is 0 Å². The summed E-state index contributed by atoms with van der Waals surface area (Å²) in [5, 5.41) is 20.7. The highest BCUT2D eigenvalue weighted by Crippen LogP contribution is 2.09. The number of urea groups is 1. The molecule has 1 rings (SSSR count). The summed E-state index contributed by atoms with van der Waals surface area (Å²) in [5.74, 6) is -1.43. The van der Waals surface area contributed by atoms with Gasteiger partial charge in [0, 0.05) is 18.3 Å². The SMILES string of the molecule is CCCC(CNC(=O)NC(C)c1cn[nH]c1)C(=O)O. The van der Waals surface area contributed by atoms with Gasteiger partial charge >= 0.3 is 12.0 Å². The summed E-state index contributed by atoms with van der Waals surface area (Å²) in [7, 11) is 0. The average Bonchev–Trinajstić information content (AvgIpc) is 2.87. The van der Waals surface area contributed by atoms with E-state index in [0.29, 0.717) is 6.42 Å². The van der Waals surface area contributed by atoms with Gasteiger partial charge < -0.3 is 15.7 Å². The van der Waals surface area contributed by atoms with Crippen molar-refractivity contribution < 1.29 is 14.7 Å². The first-order valence-corrected chi connectivity index (χ1v) is 6.30. The summed E-state index contributed by atoms with van der Waals surface area (Å²) in [6, 6.07) is -0.566. The monoisotopic (exact) mass is 268 g/mol. The molecule has 0 spiro atoms. The Hall–Kier alpha value is -2.05. The maximum Gasteiger partial charge on any atom is 0.315 e. The molecule has 2 amide bonds. The second kappa shape index (κ2) is 7.40. The van der Waals surface area contributed by atoms with Gasteiger partial charge in [-0.15, -0.1) is 0 Å². The molecular weight excluding hydrogens is 248 g/mol. The third-order valence-electron chi connectivity index (χ3n) is 2.86. The van der Waals surface area contributed by atoms with E-state index in [1.54, 1.807) is 12.4 Å². The van der Waals surface area contributed by atoms with E-state index in [1.165, 1.54) is 0 Å². The maximum absolute atomic E-state index is 11.6. The van der Waals surface area contributed by atoms with Crippen LogP contribution in [-0.2, 0) is 4.79 Å². The van der Waals surface area contributed by atoms with Crippen LogP contribution in [0.15, 0.2) is 12.4 Å². The van der Waals surface area contributed by atoms with Crippen molar-refractivity contribution in [2.75, 3.05) is 6.54 Å². The van der Waals surface area contributed by atoms with Crippen LogP contribution in [0.1, 0.15) is 38.3 Å². The van der Waals surface area contributed by atoms with Crippen molar-refractivity contribution >= 4 is 12.0 Å². The fourth-order valence-corrected chi connectivity index (χ4v) is 1.71. The van der Waals surface area contributed by atoms with Gasteiger partial charge in [0.2, 0.25) is 0 Å². The van der Waals surface area contributed by atoms with Crippen LogP contribution in [0.5, 0.6) is 0 Å². The molecule has 4 N–H and O–H groups in total. The van der Waals surface area contributed by atoms with Crippen LogP contribution < -0.4 is 10.6 Å². The maximum atomic E-state index is 11.6. The van der Waals surface area contributed by atoms with Gasteiger partial charge in [0.05, 0.1) is 18.2 Å². The predicted molar refractivity (Wildman–Crippen MR) is 69.6 cm³/mol. The number of carbonyl (C=O) groups is 2. The topological polar surface area (TPSA) is 107 Å². The van der Waals surface area contributed by atoms with E-state index in [0.717, 1.165) is 12.0 Å². The highest BCUT2D eigenvalue weighted by molar-refractivity contribution is 5.76. The van der Waals surface area contributed by atoms with Crippen molar-refractivity contribution in [2.24, 2.45) is 5.92 Å². The Balaban J connectivity index is 2.36. The van der Waals surface area contributed by atoms with Crippen molar-refractivity contribution in [1.82, 2.24) is 20.8 Å². The zero-order valence-electron chi connectivity index (χ0n) is 11.1. The first-order valence-electron chi connectivity index (χ1n) is 6.30. The molecule has 0 radical (unpaired) electrons. The second-order valence-electron chi connectivity index (χ2n) is 4.43. The number of nitrogens with one attached hydrogen (secondary N) is 3. The van der Waals surface area contributed by atoms with E-state index >= 15 is 0 Å². The number of aliphatic carboxylic acids is 1. The van der Waals surface area contributed by atoms with Crippen molar-refractivity contribution in [1.29, 1.82) is 0 Å². The van der Waals surface area contributed by atoms with Gasteiger partial charge in [0.1, 0.15) is 0 Å². The lowest BCUT2D eigenvalue weighted by molar-refractivity contribution is -0.141. The van der Waals surface area contributed by atoms with Crippen LogP contribution >= 0.6 is 0 Å². The van der Waals surface area contributed by atoms with Crippen LogP contribution in [0.3, 0.4) is 0 Å². The van der Waals surface area contributed by atoms with Crippen molar-refractivity contribution in [3.8, 4) is 0 Å². The molecule has 7 nitrogen and oxygen atoms in total. The summed E-state index contributed by atoms with van der Waals surface area (Å²) in [5.41, 5.74) is 0.860. The highest BCUT2D eigenvalue weighted by atomic mass is 16.4. The predicted octanol–water partition coefficient (Wildman–Crippen LogP) is 1.27. The Labute approximate surface area is 111 Å². The fraction of sp³-hybridized carbons (Fsp3) is 0.583. The molecular formula is C12H20N4O3. The molecule has 0 saturated heterocycles. The molecule has 0 aliphatic heterocycles. The molecule has 0 aromatic carbocycles. The number of carbonyl (C=O) groups excluding carboxylic acids is 1. The number of hydrogen-bond donors (Lipinski definition) is 4. The van der Waals surface area contributed by atoms with E-state index in [9.17, 15) is 9.59 Å². The van der Waals surface area contributed by atoms with Gasteiger partial charge in [-0.2, -0.15) is 5.10 Å². The molecule has 106 valence electrons. The lowest BCUT2D eigenvalue weighted by atomic mass is 10.0. The van der Waals surface area contributed by atoms with Gasteiger partial charge in [0.25, 0.3) is 0 Å². The number of amides is 2.